The van der Waals surface area contributed by atoms with Crippen LogP contribution in [0.3, 0.4) is 0 Å². The van der Waals surface area contributed by atoms with Crippen molar-refractivity contribution >= 4 is 17.5 Å². The molecule has 8 heteroatoms. The molecule has 4 N–H and O–H groups in total. The SMILES string of the molecule is CC(C)CC(=O)Nc1ccc(C(=O)NCC(F)(F)CN)cc1F. The number of anilines is 1. The van der Waals surface area contributed by atoms with E-state index in [9.17, 15) is 22.8 Å². The summed E-state index contributed by atoms with van der Waals surface area (Å²) in [6.07, 6.45) is 0.232. The largest absolute Gasteiger partial charge is 0.346 e. The quantitative estimate of drug-likeness (QED) is 0.716. The first-order chi connectivity index (χ1) is 10.6. The zero-order chi connectivity index (χ0) is 17.6. The molecule has 0 fully saturated rings. The lowest BCUT2D eigenvalue weighted by Gasteiger charge is -2.15. The Bertz CT molecular complexity index is 577. The molecule has 5 nitrogen and oxygen atoms in total. The minimum absolute atomic E-state index is 0.0699. The summed E-state index contributed by atoms with van der Waals surface area (Å²) in [6.45, 7) is 1.86. The van der Waals surface area contributed by atoms with Crippen LogP contribution in [0.4, 0.5) is 18.9 Å². The maximum absolute atomic E-state index is 13.9. The minimum atomic E-state index is -3.22. The summed E-state index contributed by atoms with van der Waals surface area (Å²) in [5.74, 6) is -5.12. The van der Waals surface area contributed by atoms with Crippen molar-refractivity contribution in [3.05, 3.63) is 29.6 Å². The summed E-state index contributed by atoms with van der Waals surface area (Å²) >= 11 is 0. The molecule has 0 saturated carbocycles. The third-order valence-electron chi connectivity index (χ3n) is 2.91. The van der Waals surface area contributed by atoms with E-state index in [-0.39, 0.29) is 29.5 Å². The first-order valence-electron chi connectivity index (χ1n) is 7.10. The minimum Gasteiger partial charge on any atom is -0.346 e. The first-order valence-corrected chi connectivity index (χ1v) is 7.10. The van der Waals surface area contributed by atoms with Crippen LogP contribution in [0.1, 0.15) is 30.6 Å². The highest BCUT2D eigenvalue weighted by Gasteiger charge is 2.27. The number of hydrogen-bond donors (Lipinski definition) is 3. The second-order valence-electron chi connectivity index (χ2n) is 5.58. The molecule has 0 radical (unpaired) electrons. The lowest BCUT2D eigenvalue weighted by Crippen LogP contribution is -2.41. The number of benzene rings is 1. The van der Waals surface area contributed by atoms with Gasteiger partial charge in [-0.3, -0.25) is 9.59 Å². The maximum atomic E-state index is 13.9. The number of carbonyl (C=O) groups excluding carboxylic acids is 2. The Hall–Kier alpha value is -2.09. The Morgan fingerprint density at radius 2 is 1.96 bits per heavy atom. The molecular weight excluding hydrogens is 311 g/mol. The summed E-state index contributed by atoms with van der Waals surface area (Å²) in [4.78, 5) is 23.3. The first kappa shape index (κ1) is 19.0. The molecule has 1 aromatic carbocycles. The molecule has 0 saturated heterocycles. The molecule has 0 aliphatic carbocycles. The van der Waals surface area contributed by atoms with Gasteiger partial charge >= 0.3 is 0 Å². The summed E-state index contributed by atoms with van der Waals surface area (Å²) < 4.78 is 39.8. The Labute approximate surface area is 132 Å². The van der Waals surface area contributed by atoms with E-state index in [4.69, 9.17) is 5.73 Å². The van der Waals surface area contributed by atoms with E-state index in [1.54, 1.807) is 0 Å². The van der Waals surface area contributed by atoms with Crippen molar-refractivity contribution in [2.75, 3.05) is 18.4 Å². The number of nitrogens with one attached hydrogen (secondary N) is 2. The van der Waals surface area contributed by atoms with Crippen LogP contribution in [0.15, 0.2) is 18.2 Å². The molecule has 0 spiro atoms. The summed E-state index contributed by atoms with van der Waals surface area (Å²) in [5, 5.41) is 4.37. The molecule has 0 bridgehead atoms. The van der Waals surface area contributed by atoms with Crippen molar-refractivity contribution in [2.45, 2.75) is 26.2 Å². The molecular formula is C15H20F3N3O2. The van der Waals surface area contributed by atoms with E-state index in [2.05, 4.69) is 5.32 Å². The van der Waals surface area contributed by atoms with Crippen LogP contribution in [0.5, 0.6) is 0 Å². The van der Waals surface area contributed by atoms with Crippen LogP contribution in [0.25, 0.3) is 0 Å². The zero-order valence-corrected chi connectivity index (χ0v) is 13.0. The maximum Gasteiger partial charge on any atom is 0.277 e. The molecule has 1 aromatic rings. The number of halogens is 3. The van der Waals surface area contributed by atoms with Gasteiger partial charge in [-0.25, -0.2) is 13.2 Å². The number of amides is 2. The van der Waals surface area contributed by atoms with Gasteiger partial charge < -0.3 is 16.4 Å². The summed E-state index contributed by atoms with van der Waals surface area (Å²) in [7, 11) is 0. The van der Waals surface area contributed by atoms with Gasteiger partial charge in [0.1, 0.15) is 5.82 Å². The average Bonchev–Trinajstić information content (AvgIpc) is 2.46. The number of rotatable bonds is 7. The van der Waals surface area contributed by atoms with Crippen molar-refractivity contribution in [1.82, 2.24) is 5.32 Å². The highest BCUT2D eigenvalue weighted by Crippen LogP contribution is 2.17. The molecule has 0 atom stereocenters. The molecule has 23 heavy (non-hydrogen) atoms. The average molecular weight is 331 g/mol. The number of carbonyl (C=O) groups is 2. The Kier molecular flexibility index (Phi) is 6.56. The van der Waals surface area contributed by atoms with Crippen molar-refractivity contribution in [3.8, 4) is 0 Å². The van der Waals surface area contributed by atoms with Crippen LogP contribution in [0.2, 0.25) is 0 Å². The van der Waals surface area contributed by atoms with E-state index < -0.39 is 30.7 Å². The number of nitrogens with two attached hydrogens (primary N) is 1. The standard InChI is InChI=1S/C15H20F3N3O2/c1-9(2)5-13(22)21-12-4-3-10(6-11(12)16)14(23)20-8-15(17,18)7-19/h3-4,6,9H,5,7-8,19H2,1-2H3,(H,20,23)(H,21,22). The van der Waals surface area contributed by atoms with Crippen LogP contribution in [0, 0.1) is 11.7 Å². The fraction of sp³-hybridized carbons (Fsp3) is 0.467. The van der Waals surface area contributed by atoms with Gasteiger partial charge in [0, 0.05) is 12.0 Å². The second kappa shape index (κ2) is 7.96. The lowest BCUT2D eigenvalue weighted by molar-refractivity contribution is -0.116. The van der Waals surface area contributed by atoms with Crippen molar-refractivity contribution in [1.29, 1.82) is 0 Å². The molecule has 2 amide bonds. The molecule has 0 aliphatic heterocycles. The smallest absolute Gasteiger partial charge is 0.277 e. The van der Waals surface area contributed by atoms with Crippen LogP contribution in [-0.4, -0.2) is 30.8 Å². The van der Waals surface area contributed by atoms with Crippen LogP contribution < -0.4 is 16.4 Å². The predicted octanol–water partition coefficient (Wildman–Crippen LogP) is 2.13. The molecule has 0 heterocycles. The fourth-order valence-electron chi connectivity index (χ4n) is 1.71. The van der Waals surface area contributed by atoms with E-state index in [1.165, 1.54) is 12.1 Å². The molecule has 0 unspecified atom stereocenters. The second-order valence-corrected chi connectivity index (χ2v) is 5.58. The Balaban J connectivity index is 2.72. The van der Waals surface area contributed by atoms with Crippen molar-refractivity contribution < 1.29 is 22.8 Å². The molecule has 0 aromatic heterocycles. The van der Waals surface area contributed by atoms with Gasteiger partial charge in [-0.2, -0.15) is 0 Å². The van der Waals surface area contributed by atoms with Gasteiger partial charge in [0.05, 0.1) is 18.8 Å². The normalized spacial score (nSPS) is 11.4. The predicted molar refractivity (Wildman–Crippen MR) is 80.8 cm³/mol. The van der Waals surface area contributed by atoms with E-state index in [1.807, 2.05) is 19.2 Å². The lowest BCUT2D eigenvalue weighted by atomic mass is 10.1. The number of hydrogen-bond acceptors (Lipinski definition) is 3. The third kappa shape index (κ3) is 6.27. The summed E-state index contributed by atoms with van der Waals surface area (Å²) in [5.41, 5.74) is 4.66. The molecule has 128 valence electrons. The molecule has 0 aliphatic rings. The van der Waals surface area contributed by atoms with Gasteiger partial charge in [-0.05, 0) is 24.1 Å². The highest BCUT2D eigenvalue weighted by atomic mass is 19.3. The highest BCUT2D eigenvalue weighted by molar-refractivity contribution is 5.96. The van der Waals surface area contributed by atoms with Gasteiger partial charge in [0.25, 0.3) is 11.8 Å². The fourth-order valence-corrected chi connectivity index (χ4v) is 1.71. The van der Waals surface area contributed by atoms with E-state index in [0.29, 0.717) is 0 Å². The van der Waals surface area contributed by atoms with Gasteiger partial charge in [-0.15, -0.1) is 0 Å². The Morgan fingerprint density at radius 1 is 1.30 bits per heavy atom. The topological polar surface area (TPSA) is 84.2 Å². The van der Waals surface area contributed by atoms with Crippen LogP contribution >= 0.6 is 0 Å². The van der Waals surface area contributed by atoms with Gasteiger partial charge in [0.15, 0.2) is 0 Å². The number of alkyl halides is 2. The molecule has 1 rings (SSSR count). The monoisotopic (exact) mass is 331 g/mol. The van der Waals surface area contributed by atoms with Crippen molar-refractivity contribution in [3.63, 3.8) is 0 Å². The Morgan fingerprint density at radius 3 is 2.48 bits per heavy atom. The van der Waals surface area contributed by atoms with E-state index >= 15 is 0 Å². The summed E-state index contributed by atoms with van der Waals surface area (Å²) in [6, 6.07) is 3.33. The zero-order valence-electron chi connectivity index (χ0n) is 13.0. The van der Waals surface area contributed by atoms with Crippen LogP contribution in [-0.2, 0) is 4.79 Å². The van der Waals surface area contributed by atoms with Crippen molar-refractivity contribution in [2.24, 2.45) is 11.7 Å². The van der Waals surface area contributed by atoms with Gasteiger partial charge in [-0.1, -0.05) is 13.8 Å². The van der Waals surface area contributed by atoms with Gasteiger partial charge in [0.2, 0.25) is 5.91 Å². The van der Waals surface area contributed by atoms with E-state index in [0.717, 1.165) is 6.07 Å². The third-order valence-corrected chi connectivity index (χ3v) is 2.91.